The van der Waals surface area contributed by atoms with Crippen LogP contribution in [0.1, 0.15) is 5.56 Å². The van der Waals surface area contributed by atoms with Crippen LogP contribution in [0.25, 0.3) is 17.2 Å². The molecule has 1 N–H and O–H groups in total. The van der Waals surface area contributed by atoms with Crippen molar-refractivity contribution >= 4 is 29.3 Å². The molecule has 0 aromatic heterocycles. The number of amides is 1. The zero-order chi connectivity index (χ0) is 22.9. The van der Waals surface area contributed by atoms with Crippen LogP contribution >= 0.6 is 0 Å². The summed E-state index contributed by atoms with van der Waals surface area (Å²) < 4.78 is 5.06. The predicted octanol–water partition coefficient (Wildman–Crippen LogP) is 4.51. The van der Waals surface area contributed by atoms with E-state index in [1.807, 2.05) is 85.7 Å². The van der Waals surface area contributed by atoms with Crippen LogP contribution in [0, 0.1) is 11.3 Å². The summed E-state index contributed by atoms with van der Waals surface area (Å²) in [5, 5.41) is 12.1. The number of nitriles is 1. The number of nitrogens with zero attached hydrogens (tertiary/aromatic N) is 2. The van der Waals surface area contributed by atoms with Gasteiger partial charge in [-0.05, 0) is 35.4 Å². The Morgan fingerprint density at radius 3 is 2.28 bits per heavy atom. The summed E-state index contributed by atoms with van der Waals surface area (Å²) in [6.07, 6.45) is 1.43. The molecule has 160 valence electrons. The number of carbonyl (C=O) groups excluding carboxylic acids is 2. The highest BCUT2D eigenvalue weighted by Crippen LogP contribution is 2.27. The minimum Gasteiger partial charge on any atom is -0.451 e. The molecule has 0 aliphatic heterocycles. The highest BCUT2D eigenvalue weighted by Gasteiger charge is 2.14. The topological polar surface area (TPSA) is 82.4 Å². The lowest BCUT2D eigenvalue weighted by Crippen LogP contribution is -2.21. The summed E-state index contributed by atoms with van der Waals surface area (Å²) in [6.45, 7) is -0.499. The van der Waals surface area contributed by atoms with Gasteiger partial charge in [-0.25, -0.2) is 4.79 Å². The van der Waals surface area contributed by atoms with Gasteiger partial charge in [-0.2, -0.15) is 5.26 Å². The van der Waals surface area contributed by atoms with Gasteiger partial charge >= 0.3 is 5.97 Å². The average Bonchev–Trinajstić information content (AvgIpc) is 2.82. The summed E-state index contributed by atoms with van der Waals surface area (Å²) in [4.78, 5) is 26.6. The van der Waals surface area contributed by atoms with Crippen molar-refractivity contribution in [3.63, 3.8) is 0 Å². The molecule has 0 fully saturated rings. The second kappa shape index (κ2) is 10.6. The molecule has 3 rings (SSSR count). The maximum absolute atomic E-state index is 12.4. The maximum atomic E-state index is 12.4. The monoisotopic (exact) mass is 425 g/mol. The summed E-state index contributed by atoms with van der Waals surface area (Å²) in [5.74, 6) is -1.34. The predicted molar refractivity (Wildman–Crippen MR) is 126 cm³/mol. The van der Waals surface area contributed by atoms with Crippen LogP contribution in [0.15, 0.2) is 84.4 Å². The number of hydrogen-bond donors (Lipinski definition) is 1. The van der Waals surface area contributed by atoms with Gasteiger partial charge in [0, 0.05) is 31.0 Å². The van der Waals surface area contributed by atoms with E-state index in [1.54, 1.807) is 18.2 Å². The van der Waals surface area contributed by atoms with E-state index in [4.69, 9.17) is 4.74 Å². The highest BCUT2D eigenvalue weighted by atomic mass is 16.5. The van der Waals surface area contributed by atoms with Crippen LogP contribution in [0.2, 0.25) is 0 Å². The quantitative estimate of drug-likeness (QED) is 0.342. The Morgan fingerprint density at radius 2 is 1.62 bits per heavy atom. The SMILES string of the molecule is CN(C)c1ccc(/C=C(\C#N)C(=O)OCC(=O)Nc2ccccc2-c2ccccc2)cc1. The van der Waals surface area contributed by atoms with Crippen molar-refractivity contribution in [2.45, 2.75) is 0 Å². The molecule has 6 heteroatoms. The van der Waals surface area contributed by atoms with Crippen LogP contribution in [0.3, 0.4) is 0 Å². The Kier molecular flexibility index (Phi) is 7.39. The zero-order valence-corrected chi connectivity index (χ0v) is 17.9. The Bertz CT molecular complexity index is 1160. The fourth-order valence-corrected chi connectivity index (χ4v) is 3.03. The second-order valence-corrected chi connectivity index (χ2v) is 7.19. The van der Waals surface area contributed by atoms with E-state index in [1.165, 1.54) is 6.08 Å². The molecule has 3 aromatic carbocycles. The largest absolute Gasteiger partial charge is 0.451 e. The van der Waals surface area contributed by atoms with Crippen LogP contribution in [-0.2, 0) is 14.3 Å². The van der Waals surface area contributed by atoms with Crippen molar-refractivity contribution < 1.29 is 14.3 Å². The fraction of sp³-hybridized carbons (Fsp3) is 0.115. The molecule has 0 unspecified atom stereocenters. The van der Waals surface area contributed by atoms with Crippen molar-refractivity contribution in [2.24, 2.45) is 0 Å². The lowest BCUT2D eigenvalue weighted by Gasteiger charge is -2.12. The minimum absolute atomic E-state index is 0.180. The number of esters is 1. The van der Waals surface area contributed by atoms with Crippen LogP contribution in [0.5, 0.6) is 0 Å². The Morgan fingerprint density at radius 1 is 0.969 bits per heavy atom. The standard InChI is InChI=1S/C26H23N3O3/c1-29(2)22-14-12-19(13-15-22)16-21(17-27)26(31)32-18-25(30)28-24-11-7-6-10-23(24)20-8-4-3-5-9-20/h3-16H,18H2,1-2H3,(H,28,30)/b21-16+. The van der Waals surface area contributed by atoms with Crippen LogP contribution in [-0.4, -0.2) is 32.6 Å². The molecule has 32 heavy (non-hydrogen) atoms. The van der Waals surface area contributed by atoms with Crippen molar-refractivity contribution in [3.8, 4) is 17.2 Å². The zero-order valence-electron chi connectivity index (χ0n) is 17.9. The molecule has 0 bridgehead atoms. The van der Waals surface area contributed by atoms with Gasteiger partial charge in [-0.3, -0.25) is 4.79 Å². The lowest BCUT2D eigenvalue weighted by atomic mass is 10.0. The van der Waals surface area contributed by atoms with E-state index in [9.17, 15) is 14.9 Å². The number of nitrogens with one attached hydrogen (secondary N) is 1. The Hall–Kier alpha value is -4.37. The average molecular weight is 425 g/mol. The lowest BCUT2D eigenvalue weighted by molar-refractivity contribution is -0.142. The molecular weight excluding hydrogens is 402 g/mol. The first-order chi connectivity index (χ1) is 15.5. The van der Waals surface area contributed by atoms with Gasteiger partial charge in [0.15, 0.2) is 6.61 Å². The molecule has 1 amide bonds. The number of hydrogen-bond acceptors (Lipinski definition) is 5. The van der Waals surface area contributed by atoms with Gasteiger partial charge in [0.05, 0.1) is 0 Å². The molecule has 0 saturated carbocycles. The van der Waals surface area contributed by atoms with Crippen LogP contribution in [0.4, 0.5) is 11.4 Å². The molecule has 0 aliphatic carbocycles. The summed E-state index contributed by atoms with van der Waals surface area (Å²) in [6, 6.07) is 26.2. The minimum atomic E-state index is -0.851. The first-order valence-electron chi connectivity index (χ1n) is 9.98. The molecule has 6 nitrogen and oxygen atoms in total. The number of rotatable bonds is 7. The summed E-state index contributed by atoms with van der Waals surface area (Å²) in [7, 11) is 3.85. The van der Waals surface area contributed by atoms with E-state index in [2.05, 4.69) is 5.32 Å². The highest BCUT2D eigenvalue weighted by molar-refractivity contribution is 6.01. The first-order valence-corrected chi connectivity index (χ1v) is 9.98. The van der Waals surface area contributed by atoms with Crippen molar-refractivity contribution in [3.05, 3.63) is 90.0 Å². The Labute approximate surface area is 187 Å². The smallest absolute Gasteiger partial charge is 0.349 e. The number of benzene rings is 3. The Balaban J connectivity index is 1.63. The number of anilines is 2. The van der Waals surface area contributed by atoms with Crippen molar-refractivity contribution in [1.29, 1.82) is 5.26 Å². The number of carbonyl (C=O) groups is 2. The van der Waals surface area contributed by atoms with Crippen LogP contribution < -0.4 is 10.2 Å². The second-order valence-electron chi connectivity index (χ2n) is 7.19. The normalized spacial score (nSPS) is 10.7. The maximum Gasteiger partial charge on any atom is 0.349 e. The third kappa shape index (κ3) is 5.83. The van der Waals surface area contributed by atoms with Gasteiger partial charge < -0.3 is 15.0 Å². The third-order valence-electron chi connectivity index (χ3n) is 4.68. The summed E-state index contributed by atoms with van der Waals surface area (Å²) >= 11 is 0. The number of ether oxygens (including phenoxy) is 1. The summed E-state index contributed by atoms with van der Waals surface area (Å²) in [5.41, 5.74) is 3.92. The van der Waals surface area contributed by atoms with E-state index < -0.39 is 18.5 Å². The van der Waals surface area contributed by atoms with E-state index in [0.29, 0.717) is 11.3 Å². The molecular formula is C26H23N3O3. The third-order valence-corrected chi connectivity index (χ3v) is 4.68. The van der Waals surface area contributed by atoms with E-state index in [-0.39, 0.29) is 5.57 Å². The molecule has 0 radical (unpaired) electrons. The molecule has 0 heterocycles. The molecule has 0 atom stereocenters. The van der Waals surface area contributed by atoms with Gasteiger partial charge in [-0.1, -0.05) is 60.7 Å². The van der Waals surface area contributed by atoms with Crippen molar-refractivity contribution in [2.75, 3.05) is 30.9 Å². The first kappa shape index (κ1) is 22.3. The van der Waals surface area contributed by atoms with E-state index in [0.717, 1.165) is 16.8 Å². The van der Waals surface area contributed by atoms with Crippen molar-refractivity contribution in [1.82, 2.24) is 0 Å². The van der Waals surface area contributed by atoms with E-state index >= 15 is 0 Å². The van der Waals surface area contributed by atoms with Gasteiger partial charge in [0.2, 0.25) is 0 Å². The number of para-hydroxylation sites is 1. The molecule has 3 aromatic rings. The molecule has 0 spiro atoms. The fourth-order valence-electron chi connectivity index (χ4n) is 3.03. The van der Waals surface area contributed by atoms with Gasteiger partial charge in [0.25, 0.3) is 5.91 Å². The molecule has 0 saturated heterocycles. The van der Waals surface area contributed by atoms with Gasteiger partial charge in [0.1, 0.15) is 11.6 Å². The molecule has 0 aliphatic rings. The van der Waals surface area contributed by atoms with Gasteiger partial charge in [-0.15, -0.1) is 0 Å².